The van der Waals surface area contributed by atoms with Gasteiger partial charge in [-0.2, -0.15) is 0 Å². The van der Waals surface area contributed by atoms with E-state index in [1.807, 2.05) is 37.3 Å². The number of benzene rings is 1. The minimum Gasteiger partial charge on any atom is -0.349 e. The fourth-order valence-corrected chi connectivity index (χ4v) is 1.80. The van der Waals surface area contributed by atoms with E-state index in [9.17, 15) is 4.79 Å². The van der Waals surface area contributed by atoms with Gasteiger partial charge in [0.05, 0.1) is 6.04 Å². The first-order valence-corrected chi connectivity index (χ1v) is 6.24. The molecule has 0 saturated heterocycles. The van der Waals surface area contributed by atoms with Gasteiger partial charge in [-0.3, -0.25) is 4.79 Å². The largest absolute Gasteiger partial charge is 0.349 e. The first-order valence-electron chi connectivity index (χ1n) is 6.24. The minimum absolute atomic E-state index is 0.0160. The average molecular weight is 234 g/mol. The molecule has 3 nitrogen and oxygen atoms in total. The van der Waals surface area contributed by atoms with Gasteiger partial charge in [-0.05, 0) is 24.9 Å². The van der Waals surface area contributed by atoms with Gasteiger partial charge in [0.2, 0.25) is 5.91 Å². The molecule has 3 N–H and O–H groups in total. The Hall–Kier alpha value is -1.35. The molecule has 0 saturated carbocycles. The van der Waals surface area contributed by atoms with Crippen molar-refractivity contribution in [1.82, 2.24) is 5.32 Å². The van der Waals surface area contributed by atoms with Gasteiger partial charge in [0, 0.05) is 5.92 Å². The Morgan fingerprint density at radius 2 is 2.00 bits per heavy atom. The molecule has 17 heavy (non-hydrogen) atoms. The van der Waals surface area contributed by atoms with Crippen molar-refractivity contribution in [2.45, 2.75) is 32.7 Å². The topological polar surface area (TPSA) is 55.1 Å². The van der Waals surface area contributed by atoms with E-state index >= 15 is 0 Å². The van der Waals surface area contributed by atoms with Gasteiger partial charge in [-0.25, -0.2) is 0 Å². The molecule has 94 valence electrons. The third-order valence-electron chi connectivity index (χ3n) is 2.97. The molecule has 0 aliphatic carbocycles. The second kappa shape index (κ2) is 7.07. The summed E-state index contributed by atoms with van der Waals surface area (Å²) < 4.78 is 0. The fraction of sp³-hybridized carbons (Fsp3) is 0.500. The van der Waals surface area contributed by atoms with E-state index in [-0.39, 0.29) is 17.9 Å². The van der Waals surface area contributed by atoms with Gasteiger partial charge in [-0.15, -0.1) is 0 Å². The van der Waals surface area contributed by atoms with Crippen LogP contribution in [0.25, 0.3) is 0 Å². The van der Waals surface area contributed by atoms with Gasteiger partial charge >= 0.3 is 0 Å². The zero-order chi connectivity index (χ0) is 12.7. The van der Waals surface area contributed by atoms with Crippen LogP contribution in [-0.2, 0) is 4.79 Å². The van der Waals surface area contributed by atoms with Gasteiger partial charge < -0.3 is 11.1 Å². The number of rotatable bonds is 6. The normalized spacial score (nSPS) is 14.1. The van der Waals surface area contributed by atoms with E-state index in [1.54, 1.807) is 0 Å². The Bertz CT molecular complexity index is 337. The van der Waals surface area contributed by atoms with Crippen LogP contribution in [0.1, 0.15) is 38.3 Å². The van der Waals surface area contributed by atoms with E-state index in [2.05, 4.69) is 12.2 Å². The Kier molecular flexibility index (Phi) is 5.70. The van der Waals surface area contributed by atoms with Crippen LogP contribution < -0.4 is 11.1 Å². The maximum Gasteiger partial charge on any atom is 0.223 e. The molecule has 2 atom stereocenters. The van der Waals surface area contributed by atoms with E-state index in [1.165, 1.54) is 0 Å². The lowest BCUT2D eigenvalue weighted by Crippen LogP contribution is -2.33. The fourth-order valence-electron chi connectivity index (χ4n) is 1.80. The minimum atomic E-state index is -0.0160. The summed E-state index contributed by atoms with van der Waals surface area (Å²) in [6.07, 6.45) is 1.63. The summed E-state index contributed by atoms with van der Waals surface area (Å²) in [7, 11) is 0. The number of carbonyl (C=O) groups is 1. The maximum absolute atomic E-state index is 11.9. The molecule has 0 bridgehead atoms. The number of hydrogen-bond donors (Lipinski definition) is 2. The predicted octanol–water partition coefficient (Wildman–Crippen LogP) is 2.24. The van der Waals surface area contributed by atoms with Crippen LogP contribution in [0.2, 0.25) is 0 Å². The zero-order valence-corrected chi connectivity index (χ0v) is 10.6. The summed E-state index contributed by atoms with van der Waals surface area (Å²) in [6, 6.07) is 10.2. The van der Waals surface area contributed by atoms with E-state index in [0.29, 0.717) is 6.54 Å². The molecule has 0 fully saturated rings. The molecule has 0 spiro atoms. The molecule has 1 rings (SSSR count). The number of amides is 1. The van der Waals surface area contributed by atoms with Crippen LogP contribution in [0.5, 0.6) is 0 Å². The van der Waals surface area contributed by atoms with Gasteiger partial charge in [0.1, 0.15) is 0 Å². The lowest BCUT2D eigenvalue weighted by atomic mass is 10.0. The number of nitrogens with one attached hydrogen (secondary N) is 1. The molecule has 0 aliphatic rings. The summed E-state index contributed by atoms with van der Waals surface area (Å²) in [5.41, 5.74) is 6.62. The van der Waals surface area contributed by atoms with Crippen LogP contribution in [0.4, 0.5) is 0 Å². The molecule has 0 heterocycles. The highest BCUT2D eigenvalue weighted by Crippen LogP contribution is 2.16. The van der Waals surface area contributed by atoms with Gasteiger partial charge in [-0.1, -0.05) is 44.2 Å². The summed E-state index contributed by atoms with van der Waals surface area (Å²) >= 11 is 0. The summed E-state index contributed by atoms with van der Waals surface area (Å²) in [6.45, 7) is 4.54. The molecule has 0 radical (unpaired) electrons. The monoisotopic (exact) mass is 234 g/mol. The molecule has 1 aromatic rings. The lowest BCUT2D eigenvalue weighted by Gasteiger charge is -2.20. The molecule has 2 unspecified atom stereocenters. The number of nitrogens with two attached hydrogens (primary N) is 1. The maximum atomic E-state index is 11.9. The second-order valence-electron chi connectivity index (χ2n) is 4.36. The Labute approximate surface area is 103 Å². The van der Waals surface area contributed by atoms with Crippen molar-refractivity contribution in [3.05, 3.63) is 35.9 Å². The molecular formula is C14H22N2O. The SMILES string of the molecule is CCC(NC(=O)C(C)CCN)c1ccccc1. The van der Waals surface area contributed by atoms with Crippen molar-refractivity contribution >= 4 is 5.91 Å². The van der Waals surface area contributed by atoms with Crippen LogP contribution in [0, 0.1) is 5.92 Å². The zero-order valence-electron chi connectivity index (χ0n) is 10.6. The number of carbonyl (C=O) groups excluding carboxylic acids is 1. The Balaban J connectivity index is 2.62. The number of hydrogen-bond acceptors (Lipinski definition) is 2. The molecule has 0 aliphatic heterocycles. The van der Waals surface area contributed by atoms with Crippen molar-refractivity contribution in [2.75, 3.05) is 6.54 Å². The lowest BCUT2D eigenvalue weighted by molar-refractivity contribution is -0.125. The molecule has 1 amide bonds. The van der Waals surface area contributed by atoms with Crippen molar-refractivity contribution in [3.8, 4) is 0 Å². The van der Waals surface area contributed by atoms with Crippen LogP contribution in [0.3, 0.4) is 0 Å². The first-order chi connectivity index (χ1) is 8.19. The van der Waals surface area contributed by atoms with E-state index in [0.717, 1.165) is 18.4 Å². The summed E-state index contributed by atoms with van der Waals surface area (Å²) in [5.74, 6) is 0.0731. The van der Waals surface area contributed by atoms with E-state index in [4.69, 9.17) is 5.73 Å². The molecular weight excluding hydrogens is 212 g/mol. The standard InChI is InChI=1S/C14H22N2O/c1-3-13(12-7-5-4-6-8-12)16-14(17)11(2)9-10-15/h4-8,11,13H,3,9-10,15H2,1-2H3,(H,16,17). The van der Waals surface area contributed by atoms with Crippen LogP contribution in [0.15, 0.2) is 30.3 Å². The Morgan fingerprint density at radius 3 is 2.53 bits per heavy atom. The predicted molar refractivity (Wildman–Crippen MR) is 70.5 cm³/mol. The smallest absolute Gasteiger partial charge is 0.223 e. The summed E-state index contributed by atoms with van der Waals surface area (Å²) in [4.78, 5) is 11.9. The third kappa shape index (κ3) is 4.19. The summed E-state index contributed by atoms with van der Waals surface area (Å²) in [5, 5.41) is 3.07. The molecule has 1 aromatic carbocycles. The quantitative estimate of drug-likeness (QED) is 0.793. The Morgan fingerprint density at radius 1 is 1.35 bits per heavy atom. The third-order valence-corrected chi connectivity index (χ3v) is 2.97. The van der Waals surface area contributed by atoms with Gasteiger partial charge in [0.25, 0.3) is 0 Å². The van der Waals surface area contributed by atoms with Crippen molar-refractivity contribution < 1.29 is 4.79 Å². The highest BCUT2D eigenvalue weighted by molar-refractivity contribution is 5.78. The highest BCUT2D eigenvalue weighted by atomic mass is 16.1. The highest BCUT2D eigenvalue weighted by Gasteiger charge is 2.16. The van der Waals surface area contributed by atoms with Crippen molar-refractivity contribution in [3.63, 3.8) is 0 Å². The van der Waals surface area contributed by atoms with Crippen LogP contribution >= 0.6 is 0 Å². The molecule has 3 heteroatoms. The second-order valence-corrected chi connectivity index (χ2v) is 4.36. The van der Waals surface area contributed by atoms with E-state index < -0.39 is 0 Å². The molecule has 0 aromatic heterocycles. The van der Waals surface area contributed by atoms with Crippen molar-refractivity contribution in [1.29, 1.82) is 0 Å². The van der Waals surface area contributed by atoms with Crippen molar-refractivity contribution in [2.24, 2.45) is 11.7 Å². The first kappa shape index (κ1) is 13.7. The van der Waals surface area contributed by atoms with Gasteiger partial charge in [0.15, 0.2) is 0 Å². The van der Waals surface area contributed by atoms with Crippen LogP contribution in [-0.4, -0.2) is 12.5 Å². The average Bonchev–Trinajstić information content (AvgIpc) is 2.37.